The lowest BCUT2D eigenvalue weighted by Crippen LogP contribution is -2.44. The van der Waals surface area contributed by atoms with Gasteiger partial charge in [-0.3, -0.25) is 0 Å². The van der Waals surface area contributed by atoms with Gasteiger partial charge in [0.05, 0.1) is 33.1 Å². The molecule has 1 atom stereocenters. The monoisotopic (exact) mass is 342 g/mol. The summed E-state index contributed by atoms with van der Waals surface area (Å²) in [5, 5.41) is 2.90. The van der Waals surface area contributed by atoms with E-state index >= 15 is 0 Å². The molecule has 1 N–H and O–H groups in total. The number of nitrogens with zero attached hydrogens (tertiary/aromatic N) is 1. The Labute approximate surface area is 147 Å². The summed E-state index contributed by atoms with van der Waals surface area (Å²) in [7, 11) is 3.11. The lowest BCUT2D eigenvalue weighted by Gasteiger charge is -2.33. The molecule has 2 amide bonds. The van der Waals surface area contributed by atoms with Crippen LogP contribution in [0.4, 0.5) is 10.5 Å². The number of anilines is 1. The molecule has 0 aromatic heterocycles. The average molecular weight is 342 g/mol. The van der Waals surface area contributed by atoms with Crippen LogP contribution in [0.1, 0.15) is 11.7 Å². The molecule has 6 heteroatoms. The zero-order valence-electron chi connectivity index (χ0n) is 14.4. The molecule has 6 nitrogen and oxygen atoms in total. The fourth-order valence-electron chi connectivity index (χ4n) is 2.88. The number of hydrogen-bond donors (Lipinski definition) is 1. The summed E-state index contributed by atoms with van der Waals surface area (Å²) in [6, 6.07) is 15.1. The highest BCUT2D eigenvalue weighted by molar-refractivity contribution is 5.91. The molecule has 2 aromatic carbocycles. The minimum Gasteiger partial charge on any atom is -0.493 e. The number of methoxy groups -OCH3 is 2. The fourth-order valence-corrected chi connectivity index (χ4v) is 2.88. The fraction of sp³-hybridized carbons (Fsp3) is 0.316. The van der Waals surface area contributed by atoms with Crippen molar-refractivity contribution in [3.8, 4) is 11.5 Å². The van der Waals surface area contributed by atoms with Gasteiger partial charge in [0, 0.05) is 6.54 Å². The van der Waals surface area contributed by atoms with Crippen LogP contribution in [-0.4, -0.2) is 44.8 Å². The van der Waals surface area contributed by atoms with Crippen LogP contribution in [0.2, 0.25) is 0 Å². The second kappa shape index (κ2) is 7.90. The minimum atomic E-state index is -0.184. The predicted octanol–water partition coefficient (Wildman–Crippen LogP) is 3.31. The Bertz CT molecular complexity index is 721. The summed E-state index contributed by atoms with van der Waals surface area (Å²) < 4.78 is 16.4. The van der Waals surface area contributed by atoms with Gasteiger partial charge in [0.1, 0.15) is 6.10 Å². The van der Waals surface area contributed by atoms with E-state index in [1.165, 1.54) is 0 Å². The molecule has 0 spiro atoms. The second-order valence-electron chi connectivity index (χ2n) is 5.69. The maximum Gasteiger partial charge on any atom is 0.322 e. The standard InChI is InChI=1S/C19H22N2O4/c1-23-16-10-6-9-15(18(16)24-2)20-19(22)21-11-12-25-17(13-21)14-7-4-3-5-8-14/h3-10,17H,11-13H2,1-2H3,(H,20,22). The molecule has 0 saturated carbocycles. The molecule has 25 heavy (non-hydrogen) atoms. The Morgan fingerprint density at radius 1 is 1.12 bits per heavy atom. The van der Waals surface area contributed by atoms with E-state index < -0.39 is 0 Å². The van der Waals surface area contributed by atoms with Crippen LogP contribution >= 0.6 is 0 Å². The maximum atomic E-state index is 12.7. The van der Waals surface area contributed by atoms with Crippen LogP contribution in [-0.2, 0) is 4.74 Å². The van der Waals surface area contributed by atoms with Gasteiger partial charge < -0.3 is 24.4 Å². The number of carbonyl (C=O) groups excluding carboxylic acids is 1. The Morgan fingerprint density at radius 2 is 1.92 bits per heavy atom. The van der Waals surface area contributed by atoms with Crippen LogP contribution in [0.5, 0.6) is 11.5 Å². The van der Waals surface area contributed by atoms with Crippen molar-refractivity contribution in [3.05, 3.63) is 54.1 Å². The largest absolute Gasteiger partial charge is 0.493 e. The molecule has 1 fully saturated rings. The molecule has 0 bridgehead atoms. The van der Waals surface area contributed by atoms with Crippen LogP contribution in [0.25, 0.3) is 0 Å². The van der Waals surface area contributed by atoms with Crippen LogP contribution in [0.15, 0.2) is 48.5 Å². The van der Waals surface area contributed by atoms with Crippen molar-refractivity contribution in [3.63, 3.8) is 0 Å². The molecule has 1 saturated heterocycles. The van der Waals surface area contributed by atoms with Crippen LogP contribution < -0.4 is 14.8 Å². The third-order valence-corrected chi connectivity index (χ3v) is 4.17. The predicted molar refractivity (Wildman–Crippen MR) is 95.3 cm³/mol. The van der Waals surface area contributed by atoms with E-state index in [4.69, 9.17) is 14.2 Å². The van der Waals surface area contributed by atoms with Gasteiger partial charge in [0.25, 0.3) is 0 Å². The molecule has 1 aliphatic rings. The summed E-state index contributed by atoms with van der Waals surface area (Å²) in [5.41, 5.74) is 1.65. The highest BCUT2D eigenvalue weighted by atomic mass is 16.5. The number of hydrogen-bond acceptors (Lipinski definition) is 4. The number of benzene rings is 2. The van der Waals surface area contributed by atoms with Gasteiger partial charge in [0.15, 0.2) is 11.5 Å². The number of morpholine rings is 1. The van der Waals surface area contributed by atoms with Crippen molar-refractivity contribution >= 4 is 11.7 Å². The highest BCUT2D eigenvalue weighted by Gasteiger charge is 2.26. The molecule has 1 unspecified atom stereocenters. The molecule has 1 aliphatic heterocycles. The van der Waals surface area contributed by atoms with Gasteiger partial charge in [-0.15, -0.1) is 0 Å². The van der Waals surface area contributed by atoms with E-state index in [2.05, 4.69) is 5.32 Å². The number of urea groups is 1. The Kier molecular flexibility index (Phi) is 5.40. The Hall–Kier alpha value is -2.73. The molecule has 0 radical (unpaired) electrons. The summed E-state index contributed by atoms with van der Waals surface area (Å²) in [6.07, 6.45) is -0.118. The summed E-state index contributed by atoms with van der Waals surface area (Å²) in [6.45, 7) is 1.55. The van der Waals surface area contributed by atoms with Crippen molar-refractivity contribution in [1.82, 2.24) is 4.90 Å². The first-order chi connectivity index (χ1) is 12.2. The van der Waals surface area contributed by atoms with Crippen LogP contribution in [0, 0.1) is 0 Å². The third-order valence-electron chi connectivity index (χ3n) is 4.17. The van der Waals surface area contributed by atoms with Gasteiger partial charge in [0.2, 0.25) is 0 Å². The van der Waals surface area contributed by atoms with E-state index in [9.17, 15) is 4.79 Å². The number of amides is 2. The number of carbonyl (C=O) groups is 1. The van der Waals surface area contributed by atoms with Crippen molar-refractivity contribution in [2.75, 3.05) is 39.2 Å². The third kappa shape index (κ3) is 3.85. The number of nitrogens with one attached hydrogen (secondary N) is 1. The summed E-state index contributed by atoms with van der Waals surface area (Å²) >= 11 is 0. The first kappa shape index (κ1) is 17.1. The van der Waals surface area contributed by atoms with Crippen molar-refractivity contribution in [1.29, 1.82) is 0 Å². The van der Waals surface area contributed by atoms with E-state index in [-0.39, 0.29) is 12.1 Å². The van der Waals surface area contributed by atoms with Gasteiger partial charge in [-0.05, 0) is 17.7 Å². The topological polar surface area (TPSA) is 60.0 Å². The molecule has 132 valence electrons. The number of rotatable bonds is 4. The second-order valence-corrected chi connectivity index (χ2v) is 5.69. The molecule has 3 rings (SSSR count). The van der Waals surface area contributed by atoms with Gasteiger partial charge >= 0.3 is 6.03 Å². The van der Waals surface area contributed by atoms with E-state index in [0.717, 1.165) is 5.56 Å². The molecule has 0 aliphatic carbocycles. The van der Waals surface area contributed by atoms with E-state index in [0.29, 0.717) is 36.9 Å². The highest BCUT2D eigenvalue weighted by Crippen LogP contribution is 2.35. The quantitative estimate of drug-likeness (QED) is 0.926. The molecular formula is C19H22N2O4. The average Bonchev–Trinajstić information content (AvgIpc) is 2.68. The molecular weight excluding hydrogens is 320 g/mol. The first-order valence-electron chi connectivity index (χ1n) is 8.16. The zero-order chi connectivity index (χ0) is 17.6. The Balaban J connectivity index is 1.71. The minimum absolute atomic E-state index is 0.118. The lowest BCUT2D eigenvalue weighted by molar-refractivity contribution is -0.0135. The van der Waals surface area contributed by atoms with E-state index in [1.807, 2.05) is 36.4 Å². The Morgan fingerprint density at radius 3 is 2.64 bits per heavy atom. The van der Waals surface area contributed by atoms with Gasteiger partial charge in [-0.25, -0.2) is 4.79 Å². The first-order valence-corrected chi connectivity index (χ1v) is 8.16. The van der Waals surface area contributed by atoms with E-state index in [1.54, 1.807) is 31.3 Å². The maximum absolute atomic E-state index is 12.7. The normalized spacial score (nSPS) is 17.0. The number of para-hydroxylation sites is 1. The molecule has 1 heterocycles. The van der Waals surface area contributed by atoms with Crippen molar-refractivity contribution in [2.24, 2.45) is 0 Å². The summed E-state index contributed by atoms with van der Waals surface area (Å²) in [4.78, 5) is 14.4. The zero-order valence-corrected chi connectivity index (χ0v) is 14.4. The number of ether oxygens (including phenoxy) is 3. The smallest absolute Gasteiger partial charge is 0.322 e. The van der Waals surface area contributed by atoms with Crippen LogP contribution in [0.3, 0.4) is 0 Å². The van der Waals surface area contributed by atoms with Gasteiger partial charge in [-0.2, -0.15) is 0 Å². The van der Waals surface area contributed by atoms with Crippen molar-refractivity contribution in [2.45, 2.75) is 6.10 Å². The van der Waals surface area contributed by atoms with Crippen molar-refractivity contribution < 1.29 is 19.0 Å². The summed E-state index contributed by atoms with van der Waals surface area (Å²) in [5.74, 6) is 1.08. The SMILES string of the molecule is COc1cccc(NC(=O)N2CCOC(c3ccccc3)C2)c1OC. The van der Waals surface area contributed by atoms with Gasteiger partial charge in [-0.1, -0.05) is 36.4 Å². The lowest BCUT2D eigenvalue weighted by atomic mass is 10.1. The molecule has 2 aromatic rings.